The predicted octanol–water partition coefficient (Wildman–Crippen LogP) is 3.19. The van der Waals surface area contributed by atoms with Gasteiger partial charge in [0.2, 0.25) is 10.0 Å². The number of fused-ring (bicyclic) bond motifs is 2. The molecule has 1 aliphatic rings. The van der Waals surface area contributed by atoms with Gasteiger partial charge in [-0.2, -0.15) is 0 Å². The number of pyridine rings is 1. The van der Waals surface area contributed by atoms with Crippen molar-refractivity contribution in [1.29, 1.82) is 0 Å². The van der Waals surface area contributed by atoms with Gasteiger partial charge in [-0.25, -0.2) is 18.4 Å². The Morgan fingerprint density at radius 1 is 1.15 bits per heavy atom. The van der Waals surface area contributed by atoms with Crippen molar-refractivity contribution in [2.45, 2.75) is 44.1 Å². The smallest absolute Gasteiger partial charge is 0.339 e. The van der Waals surface area contributed by atoms with Gasteiger partial charge < -0.3 is 10.1 Å². The van der Waals surface area contributed by atoms with Crippen molar-refractivity contribution >= 4 is 38.5 Å². The van der Waals surface area contributed by atoms with Crippen LogP contribution in [-0.4, -0.2) is 31.4 Å². The highest BCUT2D eigenvalue weighted by Gasteiger charge is 2.28. The summed E-state index contributed by atoms with van der Waals surface area (Å²) in [4.78, 5) is 30.6. The number of amides is 1. The number of hydrogen-bond acceptors (Lipinski definition) is 6. The maximum Gasteiger partial charge on any atom is 0.339 e. The Kier molecular flexibility index (Phi) is 6.18. The lowest BCUT2D eigenvalue weighted by molar-refractivity contribution is -0.123. The molecule has 8 nitrogen and oxygen atoms in total. The third-order valence-electron chi connectivity index (χ3n) is 5.81. The van der Waals surface area contributed by atoms with E-state index >= 15 is 0 Å². The molecule has 1 heterocycles. The molecule has 33 heavy (non-hydrogen) atoms. The Balaban J connectivity index is 1.55. The van der Waals surface area contributed by atoms with Gasteiger partial charge in [-0.1, -0.05) is 25.1 Å². The fourth-order valence-corrected chi connectivity index (χ4v) is 4.56. The van der Waals surface area contributed by atoms with Crippen LogP contribution in [0.15, 0.2) is 53.4 Å². The molecule has 2 atom stereocenters. The van der Waals surface area contributed by atoms with Crippen molar-refractivity contribution in [3.8, 4) is 0 Å². The number of benzene rings is 2. The predicted molar refractivity (Wildman–Crippen MR) is 124 cm³/mol. The van der Waals surface area contributed by atoms with Gasteiger partial charge in [0, 0.05) is 16.8 Å². The number of para-hydroxylation sites is 1. The van der Waals surface area contributed by atoms with Crippen LogP contribution >= 0.6 is 0 Å². The molecule has 2 aromatic carbocycles. The van der Waals surface area contributed by atoms with Crippen LogP contribution in [0.3, 0.4) is 0 Å². The van der Waals surface area contributed by atoms with Crippen molar-refractivity contribution < 1.29 is 22.7 Å². The fourth-order valence-electron chi connectivity index (χ4n) is 4.04. The topological polar surface area (TPSA) is 128 Å². The van der Waals surface area contributed by atoms with Crippen molar-refractivity contribution in [3.63, 3.8) is 0 Å². The van der Waals surface area contributed by atoms with Gasteiger partial charge in [0.1, 0.15) is 0 Å². The number of anilines is 1. The molecule has 3 aromatic rings. The molecule has 9 heteroatoms. The largest absolute Gasteiger partial charge is 0.449 e. The van der Waals surface area contributed by atoms with Crippen LogP contribution in [0.5, 0.6) is 0 Å². The SMILES string of the molecule is CC1CCc2nc3ccccc3c(C(=O)OC(C)C(=O)Nc3ccc(S(N)(=O)=O)cc3)c2C1. The van der Waals surface area contributed by atoms with Crippen LogP contribution in [0.4, 0.5) is 5.69 Å². The maximum atomic E-state index is 13.2. The lowest BCUT2D eigenvalue weighted by Crippen LogP contribution is -2.31. The van der Waals surface area contributed by atoms with Crippen molar-refractivity contribution in [2.75, 3.05) is 5.32 Å². The summed E-state index contributed by atoms with van der Waals surface area (Å²) in [5.41, 5.74) is 3.36. The molecule has 4 rings (SSSR count). The van der Waals surface area contributed by atoms with Crippen molar-refractivity contribution in [3.05, 3.63) is 65.4 Å². The summed E-state index contributed by atoms with van der Waals surface area (Å²) in [6.45, 7) is 3.63. The van der Waals surface area contributed by atoms with Gasteiger partial charge in [0.25, 0.3) is 5.91 Å². The second-order valence-electron chi connectivity index (χ2n) is 8.38. The lowest BCUT2D eigenvalue weighted by atomic mass is 9.84. The number of sulfonamides is 1. The van der Waals surface area contributed by atoms with Crippen LogP contribution < -0.4 is 10.5 Å². The van der Waals surface area contributed by atoms with E-state index in [1.807, 2.05) is 24.3 Å². The van der Waals surface area contributed by atoms with E-state index in [1.54, 1.807) is 0 Å². The Morgan fingerprint density at radius 3 is 2.55 bits per heavy atom. The summed E-state index contributed by atoms with van der Waals surface area (Å²) >= 11 is 0. The second kappa shape index (κ2) is 8.92. The summed E-state index contributed by atoms with van der Waals surface area (Å²) in [6.07, 6.45) is 1.47. The van der Waals surface area contributed by atoms with Gasteiger partial charge in [0.05, 0.1) is 16.0 Å². The Hall–Kier alpha value is -3.30. The molecule has 0 saturated carbocycles. The number of esters is 1. The number of nitrogens with zero attached hydrogens (tertiary/aromatic N) is 1. The molecule has 0 saturated heterocycles. The molecule has 0 bridgehead atoms. The van der Waals surface area contributed by atoms with E-state index in [2.05, 4.69) is 12.2 Å². The normalized spacial score (nSPS) is 16.6. The number of ether oxygens (including phenoxy) is 1. The molecule has 1 amide bonds. The van der Waals surface area contributed by atoms with E-state index in [0.29, 0.717) is 22.6 Å². The summed E-state index contributed by atoms with van der Waals surface area (Å²) < 4.78 is 28.3. The first kappa shape index (κ1) is 22.9. The number of carbonyl (C=O) groups is 2. The van der Waals surface area contributed by atoms with Gasteiger partial charge in [-0.3, -0.25) is 9.78 Å². The van der Waals surface area contributed by atoms with E-state index in [1.165, 1.54) is 31.2 Å². The zero-order valence-corrected chi connectivity index (χ0v) is 19.2. The minimum absolute atomic E-state index is 0.0662. The van der Waals surface area contributed by atoms with Crippen molar-refractivity contribution in [1.82, 2.24) is 4.98 Å². The molecular weight excluding hydrogens is 442 g/mol. The van der Waals surface area contributed by atoms with Gasteiger partial charge in [-0.15, -0.1) is 0 Å². The minimum Gasteiger partial charge on any atom is -0.449 e. The Labute approximate surface area is 192 Å². The average molecular weight is 468 g/mol. The molecule has 0 aliphatic heterocycles. The van der Waals surface area contributed by atoms with Gasteiger partial charge in [0.15, 0.2) is 6.10 Å². The Morgan fingerprint density at radius 2 is 1.85 bits per heavy atom. The number of primary sulfonamides is 1. The molecule has 0 fully saturated rings. The number of carbonyl (C=O) groups excluding carboxylic acids is 2. The van der Waals surface area contributed by atoms with Crippen LogP contribution in [-0.2, 0) is 32.4 Å². The van der Waals surface area contributed by atoms with Crippen molar-refractivity contribution in [2.24, 2.45) is 11.1 Å². The number of nitrogens with one attached hydrogen (secondary N) is 1. The number of rotatable bonds is 5. The fraction of sp³-hybridized carbons (Fsp3) is 0.292. The highest BCUT2D eigenvalue weighted by atomic mass is 32.2. The first-order valence-electron chi connectivity index (χ1n) is 10.7. The molecule has 1 aromatic heterocycles. The molecule has 3 N–H and O–H groups in total. The lowest BCUT2D eigenvalue weighted by Gasteiger charge is -2.24. The van der Waals surface area contributed by atoms with E-state index < -0.39 is 28.0 Å². The van der Waals surface area contributed by atoms with Crippen LogP contribution in [0.2, 0.25) is 0 Å². The molecule has 1 aliphatic carbocycles. The van der Waals surface area contributed by atoms with Crippen LogP contribution in [0.1, 0.15) is 41.9 Å². The zero-order chi connectivity index (χ0) is 23.8. The molecule has 0 spiro atoms. The summed E-state index contributed by atoms with van der Waals surface area (Å²) in [5, 5.41) is 8.42. The zero-order valence-electron chi connectivity index (χ0n) is 18.4. The van der Waals surface area contributed by atoms with E-state index in [4.69, 9.17) is 14.9 Å². The summed E-state index contributed by atoms with van der Waals surface area (Å²) in [7, 11) is -3.83. The standard InChI is InChI=1S/C24H25N3O5S/c1-14-7-12-21-19(13-14)22(18-5-3-4-6-20(18)27-21)24(29)32-15(2)23(28)26-16-8-10-17(11-9-16)33(25,30)31/h3-6,8-11,14-15H,7,12-13H2,1-2H3,(H,26,28)(H2,25,30,31). The van der Waals surface area contributed by atoms with E-state index in [9.17, 15) is 18.0 Å². The first-order chi connectivity index (χ1) is 15.6. The summed E-state index contributed by atoms with van der Waals surface area (Å²) in [6, 6.07) is 12.8. The molecule has 172 valence electrons. The van der Waals surface area contributed by atoms with E-state index in [0.717, 1.165) is 36.0 Å². The Bertz CT molecular complexity index is 1340. The number of aryl methyl sites for hydroxylation is 1. The molecule has 2 unspecified atom stereocenters. The molecular formula is C24H25N3O5S. The quantitative estimate of drug-likeness (QED) is 0.555. The average Bonchev–Trinajstić information content (AvgIpc) is 2.77. The minimum atomic E-state index is -3.83. The number of hydrogen-bond donors (Lipinski definition) is 2. The monoisotopic (exact) mass is 467 g/mol. The number of aromatic nitrogens is 1. The highest BCUT2D eigenvalue weighted by Crippen LogP contribution is 2.32. The van der Waals surface area contributed by atoms with Crippen LogP contribution in [0, 0.1) is 5.92 Å². The highest BCUT2D eigenvalue weighted by molar-refractivity contribution is 7.89. The van der Waals surface area contributed by atoms with Gasteiger partial charge >= 0.3 is 5.97 Å². The third kappa shape index (κ3) is 4.89. The van der Waals surface area contributed by atoms with E-state index in [-0.39, 0.29) is 4.90 Å². The second-order valence-corrected chi connectivity index (χ2v) is 9.94. The maximum absolute atomic E-state index is 13.2. The number of nitrogens with two attached hydrogens (primary N) is 1. The summed E-state index contributed by atoms with van der Waals surface area (Å²) in [5.74, 6) is -0.675. The van der Waals surface area contributed by atoms with Gasteiger partial charge in [-0.05, 0) is 68.0 Å². The third-order valence-corrected chi connectivity index (χ3v) is 6.74. The van der Waals surface area contributed by atoms with Crippen LogP contribution in [0.25, 0.3) is 10.9 Å². The molecule has 0 radical (unpaired) electrons. The first-order valence-corrected chi connectivity index (χ1v) is 12.2.